The summed E-state index contributed by atoms with van der Waals surface area (Å²) in [5.41, 5.74) is 1.09. The minimum absolute atomic E-state index is 0.571. The van der Waals surface area contributed by atoms with Gasteiger partial charge in [-0.25, -0.2) is 0 Å². The first-order valence-corrected chi connectivity index (χ1v) is 4.55. The maximum atomic E-state index is 3.92. The van der Waals surface area contributed by atoms with Gasteiger partial charge < -0.3 is 0 Å². The minimum atomic E-state index is 0.571. The minimum Gasteiger partial charge on any atom is -0.294 e. The van der Waals surface area contributed by atoms with Crippen LogP contribution >= 0.6 is 0 Å². The molecule has 0 rings (SSSR count). The second-order valence-corrected chi connectivity index (χ2v) is 3.72. The third kappa shape index (κ3) is 3.72. The average Bonchev–Trinajstić information content (AvgIpc) is 1.98. The molecule has 0 aliphatic rings. The summed E-state index contributed by atoms with van der Waals surface area (Å²) in [6.07, 6.45) is 1.83. The Morgan fingerprint density at radius 3 is 1.92 bits per heavy atom. The molecule has 12 heavy (non-hydrogen) atoms. The molecule has 0 bridgehead atoms. The van der Waals surface area contributed by atoms with Gasteiger partial charge in [0.25, 0.3) is 0 Å². The van der Waals surface area contributed by atoms with Crippen molar-refractivity contribution in [3.63, 3.8) is 0 Å². The SMILES string of the molecule is C=CC(=C)CN(C(C)C)C(C)C. The van der Waals surface area contributed by atoms with E-state index in [9.17, 15) is 0 Å². The van der Waals surface area contributed by atoms with Gasteiger partial charge in [0.15, 0.2) is 0 Å². The van der Waals surface area contributed by atoms with E-state index in [1.54, 1.807) is 0 Å². The Balaban J connectivity index is 4.13. The first kappa shape index (κ1) is 11.4. The number of hydrogen-bond donors (Lipinski definition) is 0. The van der Waals surface area contributed by atoms with Gasteiger partial charge in [-0.3, -0.25) is 4.90 Å². The Morgan fingerprint density at radius 2 is 1.67 bits per heavy atom. The van der Waals surface area contributed by atoms with Crippen molar-refractivity contribution in [1.29, 1.82) is 0 Å². The van der Waals surface area contributed by atoms with Crippen molar-refractivity contribution in [2.24, 2.45) is 0 Å². The second-order valence-electron chi connectivity index (χ2n) is 3.72. The summed E-state index contributed by atoms with van der Waals surface area (Å²) in [4.78, 5) is 2.39. The van der Waals surface area contributed by atoms with Gasteiger partial charge in [-0.2, -0.15) is 0 Å². The lowest BCUT2D eigenvalue weighted by atomic mass is 10.2. The van der Waals surface area contributed by atoms with Crippen LogP contribution in [0.1, 0.15) is 27.7 Å². The fourth-order valence-electron chi connectivity index (χ4n) is 1.26. The molecule has 0 amide bonds. The Hall–Kier alpha value is -0.560. The molecule has 0 radical (unpaired) electrons. The predicted molar refractivity (Wildman–Crippen MR) is 56.3 cm³/mol. The number of rotatable bonds is 5. The van der Waals surface area contributed by atoms with Crippen LogP contribution in [0, 0.1) is 0 Å². The summed E-state index contributed by atoms with van der Waals surface area (Å²) >= 11 is 0. The highest BCUT2D eigenvalue weighted by atomic mass is 15.2. The monoisotopic (exact) mass is 167 g/mol. The molecule has 0 aromatic carbocycles. The topological polar surface area (TPSA) is 3.24 Å². The van der Waals surface area contributed by atoms with Gasteiger partial charge >= 0.3 is 0 Å². The lowest BCUT2D eigenvalue weighted by molar-refractivity contribution is 0.193. The van der Waals surface area contributed by atoms with Crippen LogP contribution in [-0.4, -0.2) is 23.5 Å². The van der Waals surface area contributed by atoms with Gasteiger partial charge in [0.1, 0.15) is 0 Å². The summed E-state index contributed by atoms with van der Waals surface area (Å²) in [6, 6.07) is 1.14. The molecule has 0 aliphatic carbocycles. The molecule has 0 aromatic rings. The summed E-state index contributed by atoms with van der Waals surface area (Å²) in [5.74, 6) is 0. The molecular formula is C11H21N. The molecule has 1 nitrogen and oxygen atoms in total. The smallest absolute Gasteiger partial charge is 0.0233 e. The summed E-state index contributed by atoms with van der Waals surface area (Å²) in [7, 11) is 0. The van der Waals surface area contributed by atoms with Crippen molar-refractivity contribution in [2.75, 3.05) is 6.54 Å². The number of nitrogens with zero attached hydrogens (tertiary/aromatic N) is 1. The van der Waals surface area contributed by atoms with Crippen molar-refractivity contribution < 1.29 is 0 Å². The molecule has 0 atom stereocenters. The van der Waals surface area contributed by atoms with Gasteiger partial charge in [0.05, 0.1) is 0 Å². The zero-order valence-corrected chi connectivity index (χ0v) is 8.80. The molecule has 0 N–H and O–H groups in total. The highest BCUT2D eigenvalue weighted by Crippen LogP contribution is 2.07. The zero-order chi connectivity index (χ0) is 9.72. The van der Waals surface area contributed by atoms with Crippen LogP contribution in [0.3, 0.4) is 0 Å². The van der Waals surface area contributed by atoms with E-state index in [4.69, 9.17) is 0 Å². The summed E-state index contributed by atoms with van der Waals surface area (Å²) < 4.78 is 0. The molecule has 0 aliphatic heterocycles. The Morgan fingerprint density at radius 1 is 1.25 bits per heavy atom. The Kier molecular flexibility index (Phi) is 4.91. The van der Waals surface area contributed by atoms with Crippen LogP contribution in [0.15, 0.2) is 24.8 Å². The van der Waals surface area contributed by atoms with Crippen LogP contribution < -0.4 is 0 Å². The standard InChI is InChI=1S/C11H21N/c1-7-11(6)8-12(9(2)3)10(4)5/h7,9-10H,1,6,8H2,2-5H3. The van der Waals surface area contributed by atoms with E-state index >= 15 is 0 Å². The average molecular weight is 167 g/mol. The highest BCUT2D eigenvalue weighted by Gasteiger charge is 2.12. The van der Waals surface area contributed by atoms with Crippen molar-refractivity contribution in [1.82, 2.24) is 4.90 Å². The number of hydrogen-bond acceptors (Lipinski definition) is 1. The van der Waals surface area contributed by atoms with Gasteiger partial charge in [0, 0.05) is 18.6 Å². The van der Waals surface area contributed by atoms with Gasteiger partial charge in [-0.15, -0.1) is 0 Å². The maximum Gasteiger partial charge on any atom is 0.0233 e. The lowest BCUT2D eigenvalue weighted by Crippen LogP contribution is -2.38. The summed E-state index contributed by atoms with van der Waals surface area (Å²) in [5, 5.41) is 0. The largest absolute Gasteiger partial charge is 0.294 e. The molecule has 0 saturated heterocycles. The Labute approximate surface area is 76.8 Å². The fourth-order valence-corrected chi connectivity index (χ4v) is 1.26. The predicted octanol–water partition coefficient (Wildman–Crippen LogP) is 2.85. The molecular weight excluding hydrogens is 146 g/mol. The molecule has 70 valence electrons. The normalized spacial score (nSPS) is 11.2. The molecule has 0 fully saturated rings. The van der Waals surface area contributed by atoms with Crippen LogP contribution in [0.2, 0.25) is 0 Å². The van der Waals surface area contributed by atoms with Crippen molar-refractivity contribution >= 4 is 0 Å². The van der Waals surface area contributed by atoms with Gasteiger partial charge in [0.2, 0.25) is 0 Å². The van der Waals surface area contributed by atoms with Gasteiger partial charge in [-0.1, -0.05) is 19.2 Å². The zero-order valence-electron chi connectivity index (χ0n) is 8.80. The molecule has 0 heterocycles. The highest BCUT2D eigenvalue weighted by molar-refractivity contribution is 5.13. The third-order valence-corrected chi connectivity index (χ3v) is 2.00. The molecule has 0 saturated carbocycles. The van der Waals surface area contributed by atoms with Gasteiger partial charge in [-0.05, 0) is 33.3 Å². The molecule has 0 aromatic heterocycles. The lowest BCUT2D eigenvalue weighted by Gasteiger charge is -2.30. The molecule has 0 unspecified atom stereocenters. The fraction of sp³-hybridized carbons (Fsp3) is 0.636. The van der Waals surface area contributed by atoms with E-state index in [1.165, 1.54) is 0 Å². The maximum absolute atomic E-state index is 3.92. The van der Waals surface area contributed by atoms with E-state index in [2.05, 4.69) is 45.8 Å². The summed E-state index contributed by atoms with van der Waals surface area (Å²) in [6.45, 7) is 17.4. The Bertz CT molecular complexity index is 148. The van der Waals surface area contributed by atoms with E-state index < -0.39 is 0 Å². The van der Waals surface area contributed by atoms with Crippen LogP contribution in [0.25, 0.3) is 0 Å². The molecule has 0 spiro atoms. The first-order chi connectivity index (χ1) is 5.49. The third-order valence-electron chi connectivity index (χ3n) is 2.00. The van der Waals surface area contributed by atoms with E-state index in [1.807, 2.05) is 6.08 Å². The van der Waals surface area contributed by atoms with E-state index in [0.717, 1.165) is 12.1 Å². The van der Waals surface area contributed by atoms with Crippen LogP contribution in [0.4, 0.5) is 0 Å². The first-order valence-electron chi connectivity index (χ1n) is 4.55. The quantitative estimate of drug-likeness (QED) is 0.569. The van der Waals surface area contributed by atoms with Crippen molar-refractivity contribution in [3.8, 4) is 0 Å². The van der Waals surface area contributed by atoms with Crippen molar-refractivity contribution in [2.45, 2.75) is 39.8 Å². The van der Waals surface area contributed by atoms with E-state index in [0.29, 0.717) is 12.1 Å². The van der Waals surface area contributed by atoms with E-state index in [-0.39, 0.29) is 0 Å². The second kappa shape index (κ2) is 5.15. The van der Waals surface area contributed by atoms with Crippen LogP contribution in [0.5, 0.6) is 0 Å². The molecule has 1 heteroatoms. The van der Waals surface area contributed by atoms with Crippen molar-refractivity contribution in [3.05, 3.63) is 24.8 Å². The van der Waals surface area contributed by atoms with Crippen LogP contribution in [-0.2, 0) is 0 Å².